The van der Waals surface area contributed by atoms with Crippen LogP contribution in [0.5, 0.6) is 5.75 Å². The maximum absolute atomic E-state index is 9.69. The number of nitrogens with zero attached hydrogens (tertiary/aromatic N) is 1. The van der Waals surface area contributed by atoms with Crippen molar-refractivity contribution in [2.75, 3.05) is 6.61 Å². The minimum absolute atomic E-state index is 0.142. The number of nitriles is 1. The average molecular weight is 378 g/mol. The Bertz CT molecular complexity index is 1090. The van der Waals surface area contributed by atoms with Gasteiger partial charge >= 0.3 is 0 Å². The van der Waals surface area contributed by atoms with Crippen LogP contribution in [0.1, 0.15) is 11.1 Å². The van der Waals surface area contributed by atoms with Gasteiger partial charge in [-0.15, -0.1) is 6.42 Å². The quantitative estimate of drug-likeness (QED) is 0.307. The van der Waals surface area contributed by atoms with E-state index in [-0.39, 0.29) is 6.61 Å². The Labute approximate surface area is 162 Å². The molecule has 0 aliphatic rings. The van der Waals surface area contributed by atoms with Gasteiger partial charge in [-0.25, -0.2) is 0 Å². The average Bonchev–Trinajstić information content (AvgIpc) is 2.65. The second kappa shape index (κ2) is 7.98. The molecular formula is C22H13Cl2NO. The Hall–Kier alpha value is -2.91. The van der Waals surface area contributed by atoms with E-state index in [4.69, 9.17) is 34.4 Å². The molecule has 0 saturated heterocycles. The summed E-state index contributed by atoms with van der Waals surface area (Å²) in [6.07, 6.45) is 7.09. The highest BCUT2D eigenvalue weighted by atomic mass is 35.5. The van der Waals surface area contributed by atoms with E-state index in [1.54, 1.807) is 24.3 Å². The fourth-order valence-electron chi connectivity index (χ4n) is 2.69. The summed E-state index contributed by atoms with van der Waals surface area (Å²) >= 11 is 12.2. The van der Waals surface area contributed by atoms with Gasteiger partial charge in [0.25, 0.3) is 0 Å². The van der Waals surface area contributed by atoms with E-state index in [0.717, 1.165) is 16.3 Å². The molecular weight excluding hydrogens is 365 g/mol. The highest BCUT2D eigenvalue weighted by molar-refractivity contribution is 6.36. The largest absolute Gasteiger partial charge is 0.480 e. The molecule has 4 heteroatoms. The van der Waals surface area contributed by atoms with Crippen molar-refractivity contribution in [3.8, 4) is 24.2 Å². The third kappa shape index (κ3) is 3.68. The second-order valence-electron chi connectivity index (χ2n) is 5.49. The van der Waals surface area contributed by atoms with Crippen LogP contribution in [0.4, 0.5) is 0 Å². The summed E-state index contributed by atoms with van der Waals surface area (Å²) in [5.74, 6) is 3.07. The summed E-state index contributed by atoms with van der Waals surface area (Å²) in [6.45, 7) is 0.142. The summed E-state index contributed by atoms with van der Waals surface area (Å²) in [7, 11) is 0. The van der Waals surface area contributed by atoms with Crippen LogP contribution in [0.25, 0.3) is 22.4 Å². The number of hydrogen-bond donors (Lipinski definition) is 0. The molecule has 0 bridgehead atoms. The molecule has 126 valence electrons. The van der Waals surface area contributed by atoms with Gasteiger partial charge in [-0.1, -0.05) is 65.5 Å². The van der Waals surface area contributed by atoms with Gasteiger partial charge in [0.2, 0.25) is 0 Å². The van der Waals surface area contributed by atoms with E-state index in [1.165, 1.54) is 0 Å². The lowest BCUT2D eigenvalue weighted by molar-refractivity contribution is 0.370. The lowest BCUT2D eigenvalue weighted by Crippen LogP contribution is -1.97. The zero-order valence-electron chi connectivity index (χ0n) is 13.7. The molecule has 3 rings (SSSR count). The highest BCUT2D eigenvalue weighted by Crippen LogP contribution is 2.34. The zero-order chi connectivity index (χ0) is 18.5. The van der Waals surface area contributed by atoms with Crippen LogP contribution in [0.3, 0.4) is 0 Å². The molecule has 2 nitrogen and oxygen atoms in total. The van der Waals surface area contributed by atoms with Crippen LogP contribution in [0.2, 0.25) is 10.0 Å². The van der Waals surface area contributed by atoms with Crippen molar-refractivity contribution in [2.45, 2.75) is 0 Å². The molecule has 26 heavy (non-hydrogen) atoms. The fraction of sp³-hybridized carbons (Fsp3) is 0.0455. The summed E-state index contributed by atoms with van der Waals surface area (Å²) in [5.41, 5.74) is 1.80. The first-order valence-electron chi connectivity index (χ1n) is 7.79. The summed E-state index contributed by atoms with van der Waals surface area (Å²) in [6, 6.07) is 18.9. The van der Waals surface area contributed by atoms with Crippen molar-refractivity contribution in [3.05, 3.63) is 75.8 Å². The lowest BCUT2D eigenvalue weighted by Gasteiger charge is -2.11. The SMILES string of the molecule is C#CCOc1ccc2ccccc2c1/C=C(\C#N)c1ccc(Cl)cc1Cl. The van der Waals surface area contributed by atoms with Crippen molar-refractivity contribution in [3.63, 3.8) is 0 Å². The molecule has 3 aromatic carbocycles. The molecule has 0 aliphatic heterocycles. The standard InChI is InChI=1S/C22H13Cl2NO/c1-2-11-26-22-10-7-15-5-3-4-6-18(15)20(22)12-16(14-25)19-9-8-17(23)13-21(19)24/h1,3-10,12-13H,11H2/b16-12+. The number of rotatable bonds is 4. The first-order chi connectivity index (χ1) is 12.6. The molecule has 0 spiro atoms. The van der Waals surface area contributed by atoms with Crippen LogP contribution in [-0.2, 0) is 0 Å². The Kier molecular flexibility index (Phi) is 5.49. The molecule has 0 N–H and O–H groups in total. The number of benzene rings is 3. The first-order valence-corrected chi connectivity index (χ1v) is 8.55. The molecule has 0 radical (unpaired) electrons. The fourth-order valence-corrected chi connectivity index (χ4v) is 3.20. The molecule has 3 aromatic rings. The molecule has 0 amide bonds. The third-order valence-electron chi connectivity index (χ3n) is 3.87. The van der Waals surface area contributed by atoms with Crippen LogP contribution in [-0.4, -0.2) is 6.61 Å². The van der Waals surface area contributed by atoms with Gasteiger partial charge in [-0.2, -0.15) is 5.26 Å². The van der Waals surface area contributed by atoms with E-state index in [0.29, 0.717) is 26.9 Å². The Morgan fingerprint density at radius 2 is 1.92 bits per heavy atom. The topological polar surface area (TPSA) is 33.0 Å². The predicted octanol–water partition coefficient (Wildman–Crippen LogP) is 6.22. The van der Waals surface area contributed by atoms with Gasteiger partial charge in [-0.3, -0.25) is 0 Å². The maximum Gasteiger partial charge on any atom is 0.148 e. The first kappa shape index (κ1) is 17.9. The molecule has 0 saturated carbocycles. The lowest BCUT2D eigenvalue weighted by atomic mass is 9.98. The van der Waals surface area contributed by atoms with Crippen molar-refractivity contribution in [2.24, 2.45) is 0 Å². The van der Waals surface area contributed by atoms with E-state index in [9.17, 15) is 5.26 Å². The predicted molar refractivity (Wildman–Crippen MR) is 108 cm³/mol. The number of hydrogen-bond acceptors (Lipinski definition) is 2. The monoisotopic (exact) mass is 377 g/mol. The summed E-state index contributed by atoms with van der Waals surface area (Å²) in [5, 5.41) is 12.6. The van der Waals surface area contributed by atoms with Crippen LogP contribution in [0, 0.1) is 23.7 Å². The second-order valence-corrected chi connectivity index (χ2v) is 6.33. The van der Waals surface area contributed by atoms with E-state index in [2.05, 4.69) is 12.0 Å². The third-order valence-corrected chi connectivity index (χ3v) is 4.42. The summed E-state index contributed by atoms with van der Waals surface area (Å²) < 4.78 is 5.68. The van der Waals surface area contributed by atoms with E-state index >= 15 is 0 Å². The highest BCUT2D eigenvalue weighted by Gasteiger charge is 2.12. The normalized spacial score (nSPS) is 11.0. The molecule has 0 aromatic heterocycles. The summed E-state index contributed by atoms with van der Waals surface area (Å²) in [4.78, 5) is 0. The number of ether oxygens (including phenoxy) is 1. The van der Waals surface area contributed by atoms with Gasteiger partial charge in [0, 0.05) is 16.1 Å². The molecule has 0 unspecified atom stereocenters. The minimum Gasteiger partial charge on any atom is -0.480 e. The maximum atomic E-state index is 9.69. The number of fused-ring (bicyclic) bond motifs is 1. The van der Waals surface area contributed by atoms with Crippen LogP contribution in [0.15, 0.2) is 54.6 Å². The zero-order valence-corrected chi connectivity index (χ0v) is 15.2. The van der Waals surface area contributed by atoms with Gasteiger partial charge in [0.05, 0.1) is 16.7 Å². The molecule has 0 atom stereocenters. The smallest absolute Gasteiger partial charge is 0.148 e. The Balaban J connectivity index is 2.23. The van der Waals surface area contributed by atoms with Crippen molar-refractivity contribution in [1.82, 2.24) is 0 Å². The van der Waals surface area contributed by atoms with Crippen molar-refractivity contribution >= 4 is 45.6 Å². The van der Waals surface area contributed by atoms with Crippen LogP contribution >= 0.6 is 23.2 Å². The number of halogens is 2. The van der Waals surface area contributed by atoms with E-state index in [1.807, 2.05) is 36.4 Å². The Morgan fingerprint density at radius 3 is 2.65 bits per heavy atom. The minimum atomic E-state index is 0.142. The number of allylic oxidation sites excluding steroid dienone is 1. The van der Waals surface area contributed by atoms with Crippen molar-refractivity contribution < 1.29 is 4.74 Å². The molecule has 0 fully saturated rings. The molecule has 0 heterocycles. The van der Waals surface area contributed by atoms with Crippen LogP contribution < -0.4 is 4.74 Å². The van der Waals surface area contributed by atoms with E-state index < -0.39 is 0 Å². The van der Waals surface area contributed by atoms with Gasteiger partial charge in [0.15, 0.2) is 0 Å². The number of terminal acetylenes is 1. The van der Waals surface area contributed by atoms with Gasteiger partial charge in [-0.05, 0) is 35.0 Å². The van der Waals surface area contributed by atoms with Gasteiger partial charge in [0.1, 0.15) is 12.4 Å². The molecule has 0 aliphatic carbocycles. The Morgan fingerprint density at radius 1 is 1.12 bits per heavy atom. The van der Waals surface area contributed by atoms with Crippen molar-refractivity contribution in [1.29, 1.82) is 5.26 Å². The van der Waals surface area contributed by atoms with Gasteiger partial charge < -0.3 is 4.74 Å².